The van der Waals surface area contributed by atoms with Crippen molar-refractivity contribution in [3.8, 4) is 0 Å². The molecule has 98 valence electrons. The van der Waals surface area contributed by atoms with Crippen molar-refractivity contribution in [2.24, 2.45) is 5.92 Å². The Morgan fingerprint density at radius 2 is 2.11 bits per heavy atom. The molecule has 0 aliphatic carbocycles. The lowest BCUT2D eigenvalue weighted by atomic mass is 10.2. The van der Waals surface area contributed by atoms with Crippen molar-refractivity contribution in [2.45, 2.75) is 33.9 Å². The first kappa shape index (κ1) is 12.9. The van der Waals surface area contributed by atoms with E-state index in [4.69, 9.17) is 4.42 Å². The summed E-state index contributed by atoms with van der Waals surface area (Å²) in [5.74, 6) is 2.58. The third-order valence-corrected chi connectivity index (χ3v) is 2.65. The quantitative estimate of drug-likeness (QED) is 0.853. The molecule has 0 amide bonds. The predicted molar refractivity (Wildman–Crippen MR) is 71.3 cm³/mol. The number of rotatable bonds is 6. The van der Waals surface area contributed by atoms with Crippen molar-refractivity contribution in [2.75, 3.05) is 6.54 Å². The van der Waals surface area contributed by atoms with Gasteiger partial charge in [-0.25, -0.2) is 0 Å². The SMILES string of the molecule is Cc1cnn(Cc2ccc(CNCC(C)C)o2)c1. The molecule has 18 heavy (non-hydrogen) atoms. The number of hydrogen-bond donors (Lipinski definition) is 1. The van der Waals surface area contributed by atoms with Crippen molar-refractivity contribution in [1.82, 2.24) is 15.1 Å². The van der Waals surface area contributed by atoms with E-state index in [1.807, 2.05) is 36.1 Å². The van der Waals surface area contributed by atoms with Crippen LogP contribution < -0.4 is 5.32 Å². The summed E-state index contributed by atoms with van der Waals surface area (Å²) in [6.07, 6.45) is 3.87. The molecule has 0 unspecified atom stereocenters. The van der Waals surface area contributed by atoms with E-state index in [2.05, 4.69) is 24.3 Å². The third-order valence-electron chi connectivity index (χ3n) is 2.65. The van der Waals surface area contributed by atoms with Gasteiger partial charge in [0.05, 0.1) is 19.3 Å². The van der Waals surface area contributed by atoms with Gasteiger partial charge in [0.2, 0.25) is 0 Å². The zero-order valence-electron chi connectivity index (χ0n) is 11.3. The van der Waals surface area contributed by atoms with Crippen molar-refractivity contribution in [3.63, 3.8) is 0 Å². The monoisotopic (exact) mass is 247 g/mol. The molecule has 0 bridgehead atoms. The van der Waals surface area contributed by atoms with Crippen molar-refractivity contribution in [1.29, 1.82) is 0 Å². The Labute approximate surface area is 108 Å². The second kappa shape index (κ2) is 5.87. The van der Waals surface area contributed by atoms with Gasteiger partial charge in [0.1, 0.15) is 11.5 Å². The molecule has 4 nitrogen and oxygen atoms in total. The molecule has 0 atom stereocenters. The Bertz CT molecular complexity index is 485. The summed E-state index contributed by atoms with van der Waals surface area (Å²) in [5, 5.41) is 7.61. The zero-order chi connectivity index (χ0) is 13.0. The van der Waals surface area contributed by atoms with E-state index in [9.17, 15) is 0 Å². The minimum absolute atomic E-state index is 0.659. The highest BCUT2D eigenvalue weighted by molar-refractivity contribution is 5.08. The summed E-state index contributed by atoms with van der Waals surface area (Å²) in [7, 11) is 0. The van der Waals surface area contributed by atoms with Gasteiger partial charge in [-0.15, -0.1) is 0 Å². The fourth-order valence-electron chi connectivity index (χ4n) is 1.80. The van der Waals surface area contributed by atoms with Crippen LogP contribution in [0.25, 0.3) is 0 Å². The lowest BCUT2D eigenvalue weighted by Crippen LogP contribution is -2.18. The van der Waals surface area contributed by atoms with E-state index in [-0.39, 0.29) is 0 Å². The molecule has 0 spiro atoms. The molecule has 0 radical (unpaired) electrons. The minimum atomic E-state index is 0.659. The lowest BCUT2D eigenvalue weighted by Gasteiger charge is -2.05. The van der Waals surface area contributed by atoms with E-state index in [0.717, 1.165) is 24.6 Å². The van der Waals surface area contributed by atoms with Crippen molar-refractivity contribution in [3.05, 3.63) is 41.6 Å². The second-order valence-electron chi connectivity index (χ2n) is 5.11. The van der Waals surface area contributed by atoms with Crippen molar-refractivity contribution >= 4 is 0 Å². The summed E-state index contributed by atoms with van der Waals surface area (Å²) in [4.78, 5) is 0. The highest BCUT2D eigenvalue weighted by Crippen LogP contribution is 2.09. The second-order valence-corrected chi connectivity index (χ2v) is 5.11. The maximum Gasteiger partial charge on any atom is 0.125 e. The first-order valence-corrected chi connectivity index (χ1v) is 6.41. The predicted octanol–water partition coefficient (Wildman–Crippen LogP) is 2.58. The molecule has 0 saturated carbocycles. The largest absolute Gasteiger partial charge is 0.463 e. The number of aromatic nitrogens is 2. The minimum Gasteiger partial charge on any atom is -0.463 e. The first-order valence-electron chi connectivity index (χ1n) is 6.41. The summed E-state index contributed by atoms with van der Waals surface area (Å²) >= 11 is 0. The fraction of sp³-hybridized carbons (Fsp3) is 0.500. The first-order chi connectivity index (χ1) is 8.63. The van der Waals surface area contributed by atoms with Crippen LogP contribution in [-0.4, -0.2) is 16.3 Å². The van der Waals surface area contributed by atoms with Gasteiger partial charge in [-0.1, -0.05) is 13.8 Å². The van der Waals surface area contributed by atoms with E-state index < -0.39 is 0 Å². The number of nitrogens with one attached hydrogen (secondary N) is 1. The Morgan fingerprint density at radius 3 is 2.78 bits per heavy atom. The van der Waals surface area contributed by atoms with Crippen molar-refractivity contribution < 1.29 is 4.42 Å². The average molecular weight is 247 g/mol. The highest BCUT2D eigenvalue weighted by Gasteiger charge is 2.04. The van der Waals surface area contributed by atoms with Gasteiger partial charge in [-0.2, -0.15) is 5.10 Å². The summed E-state index contributed by atoms with van der Waals surface area (Å²) in [6, 6.07) is 4.04. The van der Waals surface area contributed by atoms with E-state index in [1.165, 1.54) is 5.56 Å². The van der Waals surface area contributed by atoms with Crippen LogP contribution in [0.3, 0.4) is 0 Å². The van der Waals surface area contributed by atoms with Crippen LogP contribution in [0.5, 0.6) is 0 Å². The van der Waals surface area contributed by atoms with Gasteiger partial charge >= 0.3 is 0 Å². The molecule has 2 heterocycles. The topological polar surface area (TPSA) is 43.0 Å². The van der Waals surface area contributed by atoms with Gasteiger partial charge in [-0.05, 0) is 37.1 Å². The molecular weight excluding hydrogens is 226 g/mol. The average Bonchev–Trinajstić information content (AvgIpc) is 2.89. The van der Waals surface area contributed by atoms with Crippen LogP contribution in [-0.2, 0) is 13.1 Å². The summed E-state index contributed by atoms with van der Waals surface area (Å²) in [6.45, 7) is 8.91. The molecule has 4 heteroatoms. The standard InChI is InChI=1S/C14H21N3O/c1-11(2)6-15-8-13-4-5-14(18-13)10-17-9-12(3)7-16-17/h4-5,7,9,11,15H,6,8,10H2,1-3H3. The molecule has 0 saturated heterocycles. The lowest BCUT2D eigenvalue weighted by molar-refractivity contribution is 0.423. The van der Waals surface area contributed by atoms with Crippen LogP contribution in [0, 0.1) is 12.8 Å². The summed E-state index contributed by atoms with van der Waals surface area (Å²) < 4.78 is 7.64. The Morgan fingerprint density at radius 1 is 1.33 bits per heavy atom. The molecule has 0 aliphatic rings. The molecule has 2 aromatic rings. The normalized spacial score (nSPS) is 11.3. The van der Waals surface area contributed by atoms with E-state index in [0.29, 0.717) is 12.5 Å². The smallest absolute Gasteiger partial charge is 0.125 e. The highest BCUT2D eigenvalue weighted by atomic mass is 16.3. The van der Waals surface area contributed by atoms with Crippen LogP contribution in [0.15, 0.2) is 28.9 Å². The maximum absolute atomic E-state index is 5.76. The van der Waals surface area contributed by atoms with Gasteiger partial charge in [0.15, 0.2) is 0 Å². The molecular formula is C14H21N3O. The summed E-state index contributed by atoms with van der Waals surface area (Å²) in [5.41, 5.74) is 1.17. The fourth-order valence-corrected chi connectivity index (χ4v) is 1.80. The molecule has 0 fully saturated rings. The van der Waals surface area contributed by atoms with E-state index >= 15 is 0 Å². The number of aryl methyl sites for hydroxylation is 1. The molecule has 2 aromatic heterocycles. The number of nitrogens with zero attached hydrogens (tertiary/aromatic N) is 2. The van der Waals surface area contributed by atoms with Gasteiger partial charge in [-0.3, -0.25) is 4.68 Å². The van der Waals surface area contributed by atoms with Crippen LogP contribution in [0.4, 0.5) is 0 Å². The Kier molecular flexibility index (Phi) is 4.20. The Balaban J connectivity index is 1.86. The molecule has 0 aromatic carbocycles. The van der Waals surface area contributed by atoms with Gasteiger partial charge in [0.25, 0.3) is 0 Å². The number of hydrogen-bond acceptors (Lipinski definition) is 3. The van der Waals surface area contributed by atoms with E-state index in [1.54, 1.807) is 0 Å². The van der Waals surface area contributed by atoms with Crippen LogP contribution in [0.2, 0.25) is 0 Å². The Hall–Kier alpha value is -1.55. The van der Waals surface area contributed by atoms with Gasteiger partial charge in [0, 0.05) is 6.20 Å². The molecule has 0 aliphatic heterocycles. The van der Waals surface area contributed by atoms with Gasteiger partial charge < -0.3 is 9.73 Å². The third kappa shape index (κ3) is 3.74. The molecule has 1 N–H and O–H groups in total. The van der Waals surface area contributed by atoms with Crippen LogP contribution >= 0.6 is 0 Å². The molecule has 2 rings (SSSR count). The maximum atomic E-state index is 5.76. The zero-order valence-corrected chi connectivity index (χ0v) is 11.3. The number of furan rings is 1. The van der Waals surface area contributed by atoms with Crippen LogP contribution in [0.1, 0.15) is 30.9 Å².